The van der Waals surface area contributed by atoms with Crippen LogP contribution < -0.4 is 0 Å². The Kier molecular flexibility index (Phi) is 2.25. The molecule has 0 bridgehead atoms. The Hall–Kier alpha value is -1.32. The summed E-state index contributed by atoms with van der Waals surface area (Å²) in [4.78, 5) is 0. The highest BCUT2D eigenvalue weighted by atomic mass is 79.9. The molecule has 0 saturated heterocycles. The quantitative estimate of drug-likeness (QED) is 0.651. The molecule has 0 saturated carbocycles. The third-order valence-electron chi connectivity index (χ3n) is 1.07. The molecule has 0 unspecified atom stereocenters. The zero-order valence-corrected chi connectivity index (χ0v) is 7.01. The third kappa shape index (κ3) is 1.80. The second kappa shape index (κ2) is 3.18. The third-order valence-corrected chi connectivity index (χ3v) is 1.53. The van der Waals surface area contributed by atoms with Crippen LogP contribution in [0.3, 0.4) is 0 Å². The van der Waals surface area contributed by atoms with E-state index in [1.807, 2.05) is 12.1 Å². The molecule has 0 atom stereocenters. The lowest BCUT2D eigenvalue weighted by Gasteiger charge is -1.91. The van der Waals surface area contributed by atoms with Gasteiger partial charge in [0.15, 0.2) is 0 Å². The van der Waals surface area contributed by atoms with Crippen LogP contribution in [-0.4, -0.2) is 0 Å². The molecule has 51 valence electrons. The molecule has 0 amide bonds. The zero-order chi connectivity index (χ0) is 8.27. The smallest absolute Gasteiger partial charge is 0.0999 e. The number of hydrogen-bond acceptors (Lipinski definition) is 2. The normalized spacial score (nSPS) is 8.27. The minimum atomic E-state index is 0.371. The van der Waals surface area contributed by atoms with E-state index in [9.17, 15) is 0 Å². The first kappa shape index (κ1) is 7.78. The lowest BCUT2D eigenvalue weighted by atomic mass is 10.1. The first-order chi connectivity index (χ1) is 5.26. The Morgan fingerprint density at radius 3 is 2.00 bits per heavy atom. The van der Waals surface area contributed by atoms with Crippen LogP contribution in [0.15, 0.2) is 16.6 Å². The highest BCUT2D eigenvalue weighted by Gasteiger charge is 1.97. The fraction of sp³-hybridized carbons (Fsp3) is 0. The van der Waals surface area contributed by atoms with Gasteiger partial charge in [-0.25, -0.2) is 0 Å². The lowest BCUT2D eigenvalue weighted by Crippen LogP contribution is -1.79. The number of benzene rings is 1. The van der Waals surface area contributed by atoms with Crippen LogP contribution in [0.1, 0.15) is 11.1 Å². The van der Waals surface area contributed by atoms with E-state index in [0.717, 1.165) is 4.47 Å². The van der Waals surface area contributed by atoms with Gasteiger partial charge in [0.25, 0.3) is 0 Å². The molecule has 0 spiro atoms. The number of hydrogen-bond donors (Lipinski definition) is 0. The Morgan fingerprint density at radius 1 is 1.18 bits per heavy atom. The Bertz CT molecular complexity index is 325. The van der Waals surface area contributed by atoms with E-state index in [2.05, 4.69) is 22.0 Å². The van der Waals surface area contributed by atoms with Crippen LogP contribution in [0, 0.1) is 28.7 Å². The highest BCUT2D eigenvalue weighted by molar-refractivity contribution is 9.10. The number of rotatable bonds is 0. The molecular formula is C8H2BrN2. The first-order valence-electron chi connectivity index (χ1n) is 2.79. The van der Waals surface area contributed by atoms with Gasteiger partial charge in [0.1, 0.15) is 0 Å². The summed E-state index contributed by atoms with van der Waals surface area (Å²) in [5.41, 5.74) is 0.742. The van der Waals surface area contributed by atoms with Crippen molar-refractivity contribution in [1.29, 1.82) is 10.5 Å². The average Bonchev–Trinajstić information content (AvgIpc) is 2.03. The fourth-order valence-electron chi connectivity index (χ4n) is 0.655. The fourth-order valence-corrected chi connectivity index (χ4v) is 1.11. The summed E-state index contributed by atoms with van der Waals surface area (Å²) >= 11 is 3.17. The van der Waals surface area contributed by atoms with Gasteiger partial charge in [0.2, 0.25) is 0 Å². The first-order valence-corrected chi connectivity index (χ1v) is 3.58. The molecule has 0 N–H and O–H groups in total. The molecule has 11 heavy (non-hydrogen) atoms. The Labute approximate surface area is 72.8 Å². The van der Waals surface area contributed by atoms with E-state index in [1.165, 1.54) is 0 Å². The summed E-state index contributed by atoms with van der Waals surface area (Å²) in [6, 6.07) is 9.67. The predicted molar refractivity (Wildman–Crippen MR) is 42.4 cm³/mol. The molecule has 0 heterocycles. The van der Waals surface area contributed by atoms with E-state index in [-0.39, 0.29) is 0 Å². The van der Waals surface area contributed by atoms with E-state index >= 15 is 0 Å². The largest absolute Gasteiger partial charge is 0.192 e. The maximum absolute atomic E-state index is 8.47. The maximum atomic E-state index is 8.47. The van der Waals surface area contributed by atoms with E-state index < -0.39 is 0 Å². The number of halogens is 1. The second-order valence-corrected chi connectivity index (χ2v) is 2.77. The van der Waals surface area contributed by atoms with E-state index in [1.54, 1.807) is 12.1 Å². The summed E-state index contributed by atoms with van der Waals surface area (Å²) in [5.74, 6) is 0. The second-order valence-electron chi connectivity index (χ2n) is 1.85. The monoisotopic (exact) mass is 205 g/mol. The summed E-state index contributed by atoms with van der Waals surface area (Å²) in [5, 5.41) is 16.9. The van der Waals surface area contributed by atoms with Crippen LogP contribution in [0.2, 0.25) is 0 Å². The van der Waals surface area contributed by atoms with Crippen molar-refractivity contribution >= 4 is 15.9 Å². The van der Waals surface area contributed by atoms with Crippen LogP contribution in [0.25, 0.3) is 0 Å². The van der Waals surface area contributed by atoms with Gasteiger partial charge in [-0.15, -0.1) is 0 Å². The van der Waals surface area contributed by atoms with Crippen molar-refractivity contribution in [2.24, 2.45) is 0 Å². The van der Waals surface area contributed by atoms with Gasteiger partial charge in [0, 0.05) is 10.5 Å². The number of nitrogens with zero attached hydrogens (tertiary/aromatic N) is 2. The summed E-state index contributed by atoms with van der Waals surface area (Å²) < 4.78 is 0.726. The Balaban J connectivity index is 3.28. The van der Waals surface area contributed by atoms with Crippen LogP contribution in [0.5, 0.6) is 0 Å². The lowest BCUT2D eigenvalue weighted by molar-refractivity contribution is 1.43. The molecule has 1 rings (SSSR count). The molecule has 1 radical (unpaired) electrons. The van der Waals surface area contributed by atoms with Gasteiger partial charge < -0.3 is 0 Å². The van der Waals surface area contributed by atoms with Crippen molar-refractivity contribution in [2.75, 3.05) is 0 Å². The zero-order valence-electron chi connectivity index (χ0n) is 5.43. The van der Waals surface area contributed by atoms with Gasteiger partial charge in [-0.1, -0.05) is 15.9 Å². The standard InChI is InChI=1S/C8H2BrN2/c9-8-2-6(4-10)1-7(3-8)5-11/h2-3H. The van der Waals surface area contributed by atoms with Crippen LogP contribution in [-0.2, 0) is 0 Å². The maximum Gasteiger partial charge on any atom is 0.0999 e. The summed E-state index contributed by atoms with van der Waals surface area (Å²) in [7, 11) is 0. The van der Waals surface area contributed by atoms with E-state index in [0.29, 0.717) is 11.1 Å². The summed E-state index contributed by atoms with van der Waals surface area (Å²) in [6.07, 6.45) is 0. The molecule has 0 aliphatic heterocycles. The summed E-state index contributed by atoms with van der Waals surface area (Å²) in [6.45, 7) is 0. The SMILES string of the molecule is N#Cc1[c]c(C#N)cc(Br)c1. The molecule has 3 heteroatoms. The molecule has 2 nitrogen and oxygen atoms in total. The molecule has 0 aromatic heterocycles. The molecular weight excluding hydrogens is 204 g/mol. The molecule has 0 fully saturated rings. The van der Waals surface area contributed by atoms with Gasteiger partial charge in [-0.2, -0.15) is 10.5 Å². The van der Waals surface area contributed by atoms with Crippen molar-refractivity contribution < 1.29 is 0 Å². The highest BCUT2D eigenvalue weighted by Crippen LogP contribution is 2.13. The Morgan fingerprint density at radius 2 is 1.64 bits per heavy atom. The van der Waals surface area contributed by atoms with Crippen LogP contribution >= 0.6 is 15.9 Å². The molecule has 1 aromatic rings. The van der Waals surface area contributed by atoms with Crippen molar-refractivity contribution in [3.8, 4) is 12.1 Å². The molecule has 1 aromatic carbocycles. The topological polar surface area (TPSA) is 47.6 Å². The predicted octanol–water partition coefficient (Wildman–Crippen LogP) is 1.99. The minimum Gasteiger partial charge on any atom is -0.192 e. The van der Waals surface area contributed by atoms with Gasteiger partial charge in [-0.05, 0) is 12.1 Å². The van der Waals surface area contributed by atoms with Crippen molar-refractivity contribution in [2.45, 2.75) is 0 Å². The van der Waals surface area contributed by atoms with Crippen molar-refractivity contribution in [1.82, 2.24) is 0 Å². The molecule has 0 aliphatic carbocycles. The minimum absolute atomic E-state index is 0.371. The van der Waals surface area contributed by atoms with Gasteiger partial charge in [-0.3, -0.25) is 0 Å². The van der Waals surface area contributed by atoms with Gasteiger partial charge in [0.05, 0.1) is 23.3 Å². The van der Waals surface area contributed by atoms with Crippen molar-refractivity contribution in [3.63, 3.8) is 0 Å². The average molecular weight is 206 g/mol. The van der Waals surface area contributed by atoms with Gasteiger partial charge >= 0.3 is 0 Å². The van der Waals surface area contributed by atoms with Crippen molar-refractivity contribution in [3.05, 3.63) is 33.8 Å². The number of nitriles is 2. The molecule has 0 aliphatic rings. The van der Waals surface area contributed by atoms with E-state index in [4.69, 9.17) is 10.5 Å². The van der Waals surface area contributed by atoms with Crippen LogP contribution in [0.4, 0.5) is 0 Å².